The second-order valence-electron chi connectivity index (χ2n) is 5.67. The zero-order valence-electron chi connectivity index (χ0n) is 11.7. The van der Waals surface area contributed by atoms with E-state index >= 15 is 0 Å². The van der Waals surface area contributed by atoms with Crippen molar-refractivity contribution in [3.05, 3.63) is 35.6 Å². The van der Waals surface area contributed by atoms with Crippen LogP contribution in [0.4, 0.5) is 17.6 Å². The summed E-state index contributed by atoms with van der Waals surface area (Å²) < 4.78 is 53.2. The summed E-state index contributed by atoms with van der Waals surface area (Å²) in [4.78, 5) is 0. The van der Waals surface area contributed by atoms with Crippen LogP contribution >= 0.6 is 0 Å². The highest BCUT2D eigenvalue weighted by Gasteiger charge is 2.47. The second kappa shape index (κ2) is 6.75. The van der Waals surface area contributed by atoms with Crippen molar-refractivity contribution in [2.45, 2.75) is 44.3 Å². The van der Waals surface area contributed by atoms with Gasteiger partial charge >= 0.3 is 6.18 Å². The van der Waals surface area contributed by atoms with Gasteiger partial charge in [-0.25, -0.2) is 4.39 Å². The Morgan fingerprint density at radius 1 is 1.19 bits per heavy atom. The molecule has 1 aromatic carbocycles. The van der Waals surface area contributed by atoms with Gasteiger partial charge in [-0.1, -0.05) is 31.0 Å². The van der Waals surface area contributed by atoms with Gasteiger partial charge in [0.05, 0.1) is 5.92 Å². The Hall–Kier alpha value is -1.14. The highest BCUT2D eigenvalue weighted by Crippen LogP contribution is 2.43. The summed E-state index contributed by atoms with van der Waals surface area (Å²) in [6.45, 7) is 0. The molecule has 1 fully saturated rings. The van der Waals surface area contributed by atoms with Crippen LogP contribution in [0.15, 0.2) is 24.3 Å². The van der Waals surface area contributed by atoms with Gasteiger partial charge in [-0.05, 0) is 36.8 Å². The van der Waals surface area contributed by atoms with E-state index in [4.69, 9.17) is 5.84 Å². The summed E-state index contributed by atoms with van der Waals surface area (Å²) in [5, 5.41) is 0. The lowest BCUT2D eigenvalue weighted by Gasteiger charge is -2.38. The van der Waals surface area contributed by atoms with Crippen molar-refractivity contribution in [2.24, 2.45) is 17.7 Å². The molecule has 1 aliphatic carbocycles. The van der Waals surface area contributed by atoms with E-state index in [0.29, 0.717) is 18.4 Å². The fourth-order valence-corrected chi connectivity index (χ4v) is 3.28. The molecule has 3 N–H and O–H groups in total. The average Bonchev–Trinajstić information content (AvgIpc) is 2.45. The molecule has 0 saturated heterocycles. The van der Waals surface area contributed by atoms with E-state index < -0.39 is 29.9 Å². The van der Waals surface area contributed by atoms with Crippen LogP contribution in [0, 0.1) is 17.7 Å². The van der Waals surface area contributed by atoms with Gasteiger partial charge in [0.1, 0.15) is 5.82 Å². The standard InChI is InChI=1S/C15H20F4N2/c16-13-8-4-1-5-10(13)9-14(21-20)11-6-2-3-7-12(11)15(17,18)19/h1,4-5,8,11-12,14,21H,2-3,6-7,9,20H2. The third-order valence-corrected chi connectivity index (χ3v) is 4.37. The molecule has 21 heavy (non-hydrogen) atoms. The fraction of sp³-hybridized carbons (Fsp3) is 0.600. The van der Waals surface area contributed by atoms with Crippen molar-refractivity contribution in [2.75, 3.05) is 0 Å². The summed E-state index contributed by atoms with van der Waals surface area (Å²) in [6, 6.07) is 5.56. The van der Waals surface area contributed by atoms with E-state index in [1.165, 1.54) is 6.07 Å². The van der Waals surface area contributed by atoms with Gasteiger partial charge in [-0.2, -0.15) is 13.2 Å². The maximum absolute atomic E-state index is 13.7. The topological polar surface area (TPSA) is 38.0 Å². The van der Waals surface area contributed by atoms with Gasteiger partial charge in [-0.3, -0.25) is 11.3 Å². The summed E-state index contributed by atoms with van der Waals surface area (Å²) in [5.74, 6) is 3.09. The van der Waals surface area contributed by atoms with Crippen LogP contribution in [0.25, 0.3) is 0 Å². The van der Waals surface area contributed by atoms with Gasteiger partial charge in [-0.15, -0.1) is 0 Å². The summed E-state index contributed by atoms with van der Waals surface area (Å²) in [6.07, 6.45) is -2.13. The molecule has 6 heteroatoms. The van der Waals surface area contributed by atoms with Crippen molar-refractivity contribution in [1.82, 2.24) is 5.43 Å². The number of rotatable bonds is 4. The number of hydrogen-bond donors (Lipinski definition) is 2. The summed E-state index contributed by atoms with van der Waals surface area (Å²) >= 11 is 0. The third-order valence-electron chi connectivity index (χ3n) is 4.37. The number of hydrogen-bond acceptors (Lipinski definition) is 2. The molecule has 0 aromatic heterocycles. The molecule has 2 rings (SSSR count). The predicted octanol–water partition coefficient (Wildman–Crippen LogP) is 3.57. The van der Waals surface area contributed by atoms with Crippen LogP contribution in [0.5, 0.6) is 0 Å². The van der Waals surface area contributed by atoms with Gasteiger partial charge in [0, 0.05) is 6.04 Å². The molecular formula is C15H20F4N2. The largest absolute Gasteiger partial charge is 0.392 e. The zero-order chi connectivity index (χ0) is 15.5. The lowest BCUT2D eigenvalue weighted by atomic mass is 9.73. The maximum atomic E-state index is 13.7. The monoisotopic (exact) mass is 304 g/mol. The first kappa shape index (κ1) is 16.2. The molecule has 118 valence electrons. The highest BCUT2D eigenvalue weighted by molar-refractivity contribution is 5.18. The maximum Gasteiger partial charge on any atom is 0.392 e. The number of nitrogens with one attached hydrogen (secondary N) is 1. The normalized spacial score (nSPS) is 24.8. The molecule has 1 aromatic rings. The molecule has 0 radical (unpaired) electrons. The van der Waals surface area contributed by atoms with Crippen LogP contribution in [0.3, 0.4) is 0 Å². The van der Waals surface area contributed by atoms with E-state index in [-0.39, 0.29) is 12.8 Å². The number of benzene rings is 1. The van der Waals surface area contributed by atoms with E-state index in [2.05, 4.69) is 5.43 Å². The number of halogens is 4. The zero-order valence-corrected chi connectivity index (χ0v) is 11.7. The Labute approximate surface area is 121 Å². The van der Waals surface area contributed by atoms with Crippen LogP contribution in [-0.4, -0.2) is 12.2 Å². The van der Waals surface area contributed by atoms with Gasteiger partial charge < -0.3 is 0 Å². The van der Waals surface area contributed by atoms with Crippen molar-refractivity contribution in [3.8, 4) is 0 Å². The Bertz CT molecular complexity index is 461. The number of hydrazine groups is 1. The Morgan fingerprint density at radius 3 is 2.48 bits per heavy atom. The molecule has 3 atom stereocenters. The third kappa shape index (κ3) is 3.95. The highest BCUT2D eigenvalue weighted by atomic mass is 19.4. The lowest BCUT2D eigenvalue weighted by Crippen LogP contribution is -2.49. The molecule has 0 amide bonds. The fourth-order valence-electron chi connectivity index (χ4n) is 3.28. The van der Waals surface area contributed by atoms with Crippen LogP contribution in [0.2, 0.25) is 0 Å². The first-order valence-corrected chi connectivity index (χ1v) is 7.19. The first-order chi connectivity index (χ1) is 9.93. The smallest absolute Gasteiger partial charge is 0.271 e. The van der Waals surface area contributed by atoms with E-state index in [1.807, 2.05) is 0 Å². The van der Waals surface area contributed by atoms with Crippen molar-refractivity contribution in [3.63, 3.8) is 0 Å². The lowest BCUT2D eigenvalue weighted by molar-refractivity contribution is -0.199. The number of alkyl halides is 3. The number of nitrogens with two attached hydrogens (primary N) is 1. The second-order valence-corrected chi connectivity index (χ2v) is 5.67. The average molecular weight is 304 g/mol. The van der Waals surface area contributed by atoms with Crippen molar-refractivity contribution < 1.29 is 17.6 Å². The summed E-state index contributed by atoms with van der Waals surface area (Å²) in [7, 11) is 0. The van der Waals surface area contributed by atoms with Gasteiger partial charge in [0.2, 0.25) is 0 Å². The van der Waals surface area contributed by atoms with Crippen LogP contribution in [-0.2, 0) is 6.42 Å². The molecule has 3 unspecified atom stereocenters. The molecule has 0 aliphatic heterocycles. The van der Waals surface area contributed by atoms with Gasteiger partial charge in [0.15, 0.2) is 0 Å². The molecule has 1 saturated carbocycles. The van der Waals surface area contributed by atoms with Crippen LogP contribution in [0.1, 0.15) is 31.2 Å². The van der Waals surface area contributed by atoms with Crippen molar-refractivity contribution >= 4 is 0 Å². The minimum Gasteiger partial charge on any atom is -0.271 e. The molecule has 2 nitrogen and oxygen atoms in total. The molecule has 0 spiro atoms. The van der Waals surface area contributed by atoms with Crippen molar-refractivity contribution in [1.29, 1.82) is 0 Å². The minimum absolute atomic E-state index is 0.129. The van der Waals surface area contributed by atoms with E-state index in [1.54, 1.807) is 18.2 Å². The Morgan fingerprint density at radius 2 is 1.86 bits per heavy atom. The van der Waals surface area contributed by atoms with E-state index in [9.17, 15) is 17.6 Å². The summed E-state index contributed by atoms with van der Waals surface area (Å²) in [5.41, 5.74) is 2.88. The van der Waals surface area contributed by atoms with E-state index in [0.717, 1.165) is 6.42 Å². The quantitative estimate of drug-likeness (QED) is 0.507. The molecule has 0 bridgehead atoms. The molecule has 1 aliphatic rings. The Kier molecular flexibility index (Phi) is 5.22. The Balaban J connectivity index is 2.17. The predicted molar refractivity (Wildman–Crippen MR) is 72.7 cm³/mol. The first-order valence-electron chi connectivity index (χ1n) is 7.19. The van der Waals surface area contributed by atoms with Crippen LogP contribution < -0.4 is 11.3 Å². The van der Waals surface area contributed by atoms with Gasteiger partial charge in [0.25, 0.3) is 0 Å². The SMILES string of the molecule is NNC(Cc1ccccc1F)C1CCCCC1C(F)(F)F. The minimum atomic E-state index is -4.23. The molecular weight excluding hydrogens is 284 g/mol. The molecule has 0 heterocycles.